The Kier molecular flexibility index (Phi) is 5.82. The van der Waals surface area contributed by atoms with Crippen LogP contribution in [-0.2, 0) is 9.59 Å². The number of rotatable bonds is 5. The Hall–Kier alpha value is -0.710. The van der Waals surface area contributed by atoms with Crippen LogP contribution in [0.25, 0.3) is 0 Å². The monoisotopic (exact) mass is 258 g/mol. The quantitative estimate of drug-likeness (QED) is 0.777. The Morgan fingerprint density at radius 1 is 1.41 bits per heavy atom. The average molecular weight is 258 g/mol. The molecule has 1 aliphatic rings. The van der Waals surface area contributed by atoms with E-state index in [1.807, 2.05) is 13.2 Å². The predicted octanol–water partition coefficient (Wildman–Crippen LogP) is 1.15. The number of thioether (sulfide) groups is 1. The van der Waals surface area contributed by atoms with E-state index in [1.54, 1.807) is 11.8 Å². The SMILES string of the molecule is CSC[C@H](C)C(=O)N[C@H]1CCCC[C@H]1C(N)=O. The third kappa shape index (κ3) is 4.22. The first-order valence-electron chi connectivity index (χ1n) is 6.15. The van der Waals surface area contributed by atoms with Gasteiger partial charge in [-0.2, -0.15) is 11.8 Å². The summed E-state index contributed by atoms with van der Waals surface area (Å²) in [5, 5.41) is 2.98. The maximum Gasteiger partial charge on any atom is 0.223 e. The van der Waals surface area contributed by atoms with Crippen LogP contribution in [0.5, 0.6) is 0 Å². The van der Waals surface area contributed by atoms with E-state index in [2.05, 4.69) is 5.32 Å². The lowest BCUT2D eigenvalue weighted by Gasteiger charge is -2.30. The second-order valence-electron chi connectivity index (χ2n) is 4.76. The standard InChI is InChI=1S/C12H22N2O2S/c1-8(7-17-2)12(16)14-10-6-4-3-5-9(10)11(13)15/h8-10H,3-7H2,1-2H3,(H2,13,15)(H,14,16)/t8-,9+,10-/m0/s1. The zero-order valence-electron chi connectivity index (χ0n) is 10.6. The van der Waals surface area contributed by atoms with E-state index >= 15 is 0 Å². The molecule has 0 saturated heterocycles. The van der Waals surface area contributed by atoms with Gasteiger partial charge in [0.1, 0.15) is 0 Å². The number of carbonyl (C=O) groups excluding carboxylic acids is 2. The first-order valence-corrected chi connectivity index (χ1v) is 7.54. The number of primary amides is 1. The van der Waals surface area contributed by atoms with Crippen molar-refractivity contribution >= 4 is 23.6 Å². The molecule has 0 heterocycles. The van der Waals surface area contributed by atoms with Gasteiger partial charge in [-0.1, -0.05) is 19.8 Å². The molecule has 3 atom stereocenters. The van der Waals surface area contributed by atoms with Crippen molar-refractivity contribution in [2.75, 3.05) is 12.0 Å². The minimum atomic E-state index is -0.285. The number of nitrogens with two attached hydrogens (primary N) is 1. The second-order valence-corrected chi connectivity index (χ2v) is 5.68. The van der Waals surface area contributed by atoms with Crippen LogP contribution < -0.4 is 11.1 Å². The lowest BCUT2D eigenvalue weighted by atomic mass is 9.84. The lowest BCUT2D eigenvalue weighted by molar-refractivity contribution is -0.127. The minimum absolute atomic E-state index is 0.0135. The first kappa shape index (κ1) is 14.4. The molecule has 1 rings (SSSR count). The second kappa shape index (κ2) is 6.89. The summed E-state index contributed by atoms with van der Waals surface area (Å²) in [5.41, 5.74) is 5.37. The molecule has 0 spiro atoms. The van der Waals surface area contributed by atoms with Crippen LogP contribution in [-0.4, -0.2) is 29.9 Å². The van der Waals surface area contributed by atoms with E-state index in [-0.39, 0.29) is 29.7 Å². The van der Waals surface area contributed by atoms with Crippen LogP contribution in [0.2, 0.25) is 0 Å². The fourth-order valence-corrected chi connectivity index (χ4v) is 2.95. The number of carbonyl (C=O) groups is 2. The molecule has 2 amide bonds. The number of amides is 2. The highest BCUT2D eigenvalue weighted by Gasteiger charge is 2.31. The number of hydrogen-bond acceptors (Lipinski definition) is 3. The van der Waals surface area contributed by atoms with Crippen molar-refractivity contribution in [3.05, 3.63) is 0 Å². The minimum Gasteiger partial charge on any atom is -0.369 e. The molecule has 1 saturated carbocycles. The van der Waals surface area contributed by atoms with Crippen molar-refractivity contribution in [3.63, 3.8) is 0 Å². The highest BCUT2D eigenvalue weighted by Crippen LogP contribution is 2.24. The fourth-order valence-electron chi connectivity index (χ4n) is 2.29. The molecule has 5 heteroatoms. The van der Waals surface area contributed by atoms with Crippen molar-refractivity contribution in [2.45, 2.75) is 38.6 Å². The number of hydrogen-bond donors (Lipinski definition) is 2. The maximum absolute atomic E-state index is 11.9. The Balaban J connectivity index is 2.52. The molecule has 3 N–H and O–H groups in total. The van der Waals surface area contributed by atoms with Gasteiger partial charge in [0.15, 0.2) is 0 Å². The van der Waals surface area contributed by atoms with Gasteiger partial charge in [-0.3, -0.25) is 9.59 Å². The number of nitrogens with one attached hydrogen (secondary N) is 1. The average Bonchev–Trinajstić information content (AvgIpc) is 2.29. The Morgan fingerprint density at radius 3 is 2.65 bits per heavy atom. The van der Waals surface area contributed by atoms with Crippen molar-refractivity contribution in [2.24, 2.45) is 17.6 Å². The summed E-state index contributed by atoms with van der Waals surface area (Å²) in [6.45, 7) is 1.91. The summed E-state index contributed by atoms with van der Waals surface area (Å²) in [6, 6.07) is -0.0574. The van der Waals surface area contributed by atoms with Crippen LogP contribution in [0.3, 0.4) is 0 Å². The van der Waals surface area contributed by atoms with Gasteiger partial charge < -0.3 is 11.1 Å². The molecule has 0 radical (unpaired) electrons. The third-order valence-corrected chi connectivity index (χ3v) is 4.16. The van der Waals surface area contributed by atoms with Gasteiger partial charge in [0, 0.05) is 17.7 Å². The molecular formula is C12H22N2O2S. The summed E-state index contributed by atoms with van der Waals surface area (Å²) in [5.74, 6) is 0.361. The van der Waals surface area contributed by atoms with Gasteiger partial charge in [0.25, 0.3) is 0 Å². The zero-order chi connectivity index (χ0) is 12.8. The van der Waals surface area contributed by atoms with E-state index in [9.17, 15) is 9.59 Å². The summed E-state index contributed by atoms with van der Waals surface area (Å²) in [7, 11) is 0. The van der Waals surface area contributed by atoms with Gasteiger partial charge >= 0.3 is 0 Å². The molecule has 0 aromatic heterocycles. The molecule has 98 valence electrons. The van der Waals surface area contributed by atoms with Gasteiger partial charge in [0.05, 0.1) is 5.92 Å². The molecule has 0 bridgehead atoms. The van der Waals surface area contributed by atoms with Crippen LogP contribution >= 0.6 is 11.8 Å². The van der Waals surface area contributed by atoms with Crippen LogP contribution in [0.15, 0.2) is 0 Å². The molecule has 0 unspecified atom stereocenters. The van der Waals surface area contributed by atoms with E-state index in [4.69, 9.17) is 5.73 Å². The van der Waals surface area contributed by atoms with Crippen molar-refractivity contribution in [1.29, 1.82) is 0 Å². The fraction of sp³-hybridized carbons (Fsp3) is 0.833. The zero-order valence-corrected chi connectivity index (χ0v) is 11.4. The molecule has 1 fully saturated rings. The third-order valence-electron chi connectivity index (χ3n) is 3.32. The summed E-state index contributed by atoms with van der Waals surface area (Å²) in [4.78, 5) is 23.2. The normalized spacial score (nSPS) is 26.2. The van der Waals surface area contributed by atoms with Crippen molar-refractivity contribution in [1.82, 2.24) is 5.32 Å². The van der Waals surface area contributed by atoms with E-state index in [1.165, 1.54) is 0 Å². The topological polar surface area (TPSA) is 72.2 Å². The van der Waals surface area contributed by atoms with Crippen molar-refractivity contribution < 1.29 is 9.59 Å². The van der Waals surface area contributed by atoms with Gasteiger partial charge in [-0.05, 0) is 19.1 Å². The maximum atomic E-state index is 11.9. The van der Waals surface area contributed by atoms with Crippen LogP contribution in [0.4, 0.5) is 0 Å². The molecule has 0 aliphatic heterocycles. The lowest BCUT2D eigenvalue weighted by Crippen LogP contribution is -2.48. The summed E-state index contributed by atoms with van der Waals surface area (Å²) < 4.78 is 0. The smallest absolute Gasteiger partial charge is 0.223 e. The highest BCUT2D eigenvalue weighted by molar-refractivity contribution is 7.98. The van der Waals surface area contributed by atoms with E-state index in [0.717, 1.165) is 31.4 Å². The Labute approximate surface area is 107 Å². The van der Waals surface area contributed by atoms with E-state index in [0.29, 0.717) is 0 Å². The van der Waals surface area contributed by atoms with Crippen LogP contribution in [0.1, 0.15) is 32.6 Å². The molecule has 0 aromatic rings. The molecule has 4 nitrogen and oxygen atoms in total. The van der Waals surface area contributed by atoms with Crippen LogP contribution in [0, 0.1) is 11.8 Å². The van der Waals surface area contributed by atoms with E-state index < -0.39 is 0 Å². The Bertz CT molecular complexity index is 284. The van der Waals surface area contributed by atoms with Gasteiger partial charge in [-0.15, -0.1) is 0 Å². The Morgan fingerprint density at radius 2 is 2.06 bits per heavy atom. The predicted molar refractivity (Wildman–Crippen MR) is 70.6 cm³/mol. The highest BCUT2D eigenvalue weighted by atomic mass is 32.2. The van der Waals surface area contributed by atoms with Gasteiger partial charge in [0.2, 0.25) is 11.8 Å². The summed E-state index contributed by atoms with van der Waals surface area (Å²) >= 11 is 1.65. The first-order chi connectivity index (χ1) is 8.06. The summed E-state index contributed by atoms with van der Waals surface area (Å²) in [6.07, 6.45) is 5.74. The van der Waals surface area contributed by atoms with Crippen molar-refractivity contribution in [3.8, 4) is 0 Å². The molecular weight excluding hydrogens is 236 g/mol. The molecule has 0 aromatic carbocycles. The molecule has 1 aliphatic carbocycles. The molecule has 17 heavy (non-hydrogen) atoms. The largest absolute Gasteiger partial charge is 0.369 e. The van der Waals surface area contributed by atoms with Gasteiger partial charge in [-0.25, -0.2) is 0 Å².